The van der Waals surface area contributed by atoms with Crippen LogP contribution in [0, 0.1) is 0 Å². The number of carbonyl (C=O) groups excluding carboxylic acids is 2. The number of imide groups is 1. The molecule has 1 unspecified atom stereocenters. The summed E-state index contributed by atoms with van der Waals surface area (Å²) in [6.45, 7) is -0.0265. The summed E-state index contributed by atoms with van der Waals surface area (Å²) in [5.74, 6) is -0.710. The van der Waals surface area contributed by atoms with Crippen molar-refractivity contribution in [2.24, 2.45) is 0 Å². The summed E-state index contributed by atoms with van der Waals surface area (Å²) < 4.78 is 35.6. The minimum Gasteiger partial charge on any atom is -0.508 e. The smallest absolute Gasteiger partial charge is 0.405 e. The summed E-state index contributed by atoms with van der Waals surface area (Å²) in [6, 6.07) is 4.91. The van der Waals surface area contributed by atoms with Crippen LogP contribution in [-0.4, -0.2) is 35.0 Å². The molecule has 1 aromatic carbocycles. The van der Waals surface area contributed by atoms with Gasteiger partial charge in [-0.1, -0.05) is 6.07 Å². The minimum absolute atomic E-state index is 0.0236. The molecule has 0 spiro atoms. The monoisotopic (exact) mass is 322 g/mol. The number of alkyl halides is 3. The number of phenolic OH excluding ortho intramolecular Hbond substituents is 1. The van der Waals surface area contributed by atoms with E-state index < -0.39 is 29.9 Å². The average Bonchev–Trinajstić information content (AvgIpc) is 2.35. The van der Waals surface area contributed by atoms with Gasteiger partial charge in [0.25, 0.3) is 0 Å². The Morgan fingerprint density at radius 2 is 2.05 bits per heavy atom. The summed E-state index contributed by atoms with van der Waals surface area (Å²) in [7, 11) is 0. The lowest BCUT2D eigenvalue weighted by atomic mass is 10.3. The number of phenols is 1. The van der Waals surface area contributed by atoms with E-state index in [9.17, 15) is 27.9 Å². The van der Waals surface area contributed by atoms with Crippen molar-refractivity contribution in [1.82, 2.24) is 10.6 Å². The van der Waals surface area contributed by atoms with E-state index in [0.29, 0.717) is 4.90 Å². The Kier molecular flexibility index (Phi) is 5.89. The number of hydrogen-bond donors (Lipinski definition) is 3. The maximum atomic E-state index is 11.9. The largest absolute Gasteiger partial charge is 0.508 e. The molecule has 0 aliphatic rings. The number of urea groups is 1. The zero-order valence-corrected chi connectivity index (χ0v) is 11.7. The molecule has 0 radical (unpaired) electrons. The molecule has 0 aliphatic heterocycles. The third-order valence-electron chi connectivity index (χ3n) is 2.19. The number of amides is 3. The highest BCUT2D eigenvalue weighted by Gasteiger charge is 2.28. The summed E-state index contributed by atoms with van der Waals surface area (Å²) >= 11 is 1.06. The second kappa shape index (κ2) is 7.21. The predicted molar refractivity (Wildman–Crippen MR) is 71.0 cm³/mol. The standard InChI is InChI=1S/C12H13F3N2O3S/c1-7(21-9-4-2-3-8(18)5-9)10(19)17-11(20)16-6-12(13,14)15/h2-5,7,18H,6H2,1H3,(H2,16,17,19,20). The molecule has 0 aromatic heterocycles. The zero-order chi connectivity index (χ0) is 16.0. The van der Waals surface area contributed by atoms with Crippen LogP contribution in [0.1, 0.15) is 6.92 Å². The van der Waals surface area contributed by atoms with Crippen molar-refractivity contribution >= 4 is 23.7 Å². The molecule has 3 N–H and O–H groups in total. The highest BCUT2D eigenvalue weighted by molar-refractivity contribution is 8.00. The van der Waals surface area contributed by atoms with Gasteiger partial charge >= 0.3 is 12.2 Å². The summed E-state index contributed by atoms with van der Waals surface area (Å²) in [4.78, 5) is 23.3. The highest BCUT2D eigenvalue weighted by Crippen LogP contribution is 2.26. The van der Waals surface area contributed by atoms with Crippen molar-refractivity contribution < 1.29 is 27.9 Å². The van der Waals surface area contributed by atoms with E-state index in [-0.39, 0.29) is 5.75 Å². The molecule has 1 rings (SSSR count). The second-order valence-corrected chi connectivity index (χ2v) is 5.46. The zero-order valence-electron chi connectivity index (χ0n) is 10.9. The van der Waals surface area contributed by atoms with Crippen LogP contribution in [-0.2, 0) is 4.79 Å². The van der Waals surface area contributed by atoms with E-state index in [1.807, 2.05) is 5.32 Å². The van der Waals surface area contributed by atoms with Gasteiger partial charge in [-0.2, -0.15) is 13.2 Å². The first kappa shape index (κ1) is 17.2. The molecule has 0 aliphatic carbocycles. The van der Waals surface area contributed by atoms with Crippen molar-refractivity contribution in [1.29, 1.82) is 0 Å². The fourth-order valence-electron chi connectivity index (χ4n) is 1.25. The Morgan fingerprint density at radius 1 is 1.38 bits per heavy atom. The van der Waals surface area contributed by atoms with Crippen LogP contribution in [0.3, 0.4) is 0 Å². The van der Waals surface area contributed by atoms with Gasteiger partial charge in [0, 0.05) is 4.90 Å². The van der Waals surface area contributed by atoms with E-state index in [1.54, 1.807) is 12.1 Å². The first-order valence-electron chi connectivity index (χ1n) is 5.78. The number of hydrogen-bond acceptors (Lipinski definition) is 4. The van der Waals surface area contributed by atoms with E-state index in [1.165, 1.54) is 24.4 Å². The van der Waals surface area contributed by atoms with Crippen LogP contribution >= 0.6 is 11.8 Å². The number of carbonyl (C=O) groups is 2. The van der Waals surface area contributed by atoms with Crippen molar-refractivity contribution in [3.8, 4) is 5.75 Å². The molecule has 1 atom stereocenters. The summed E-state index contributed by atoms with van der Waals surface area (Å²) in [6.07, 6.45) is -4.54. The van der Waals surface area contributed by atoms with Gasteiger partial charge in [-0.05, 0) is 25.1 Å². The normalized spacial score (nSPS) is 12.6. The quantitative estimate of drug-likeness (QED) is 0.743. The molecule has 21 heavy (non-hydrogen) atoms. The van der Waals surface area contributed by atoms with Gasteiger partial charge in [0.2, 0.25) is 5.91 Å². The Balaban J connectivity index is 2.46. The maximum Gasteiger partial charge on any atom is 0.405 e. The fraction of sp³-hybridized carbons (Fsp3) is 0.333. The molecule has 0 bridgehead atoms. The first-order valence-corrected chi connectivity index (χ1v) is 6.66. The predicted octanol–water partition coefficient (Wildman–Crippen LogP) is 2.26. The van der Waals surface area contributed by atoms with Crippen molar-refractivity contribution in [2.45, 2.75) is 23.2 Å². The fourth-order valence-corrected chi connectivity index (χ4v) is 2.17. The SMILES string of the molecule is CC(Sc1cccc(O)c1)C(=O)NC(=O)NCC(F)(F)F. The van der Waals surface area contributed by atoms with E-state index in [0.717, 1.165) is 11.8 Å². The van der Waals surface area contributed by atoms with Crippen LogP contribution in [0.2, 0.25) is 0 Å². The minimum atomic E-state index is -4.54. The Hall–Kier alpha value is -1.90. The molecule has 1 aromatic rings. The molecule has 0 saturated carbocycles. The lowest BCUT2D eigenvalue weighted by Gasteiger charge is -2.12. The summed E-state index contributed by atoms with van der Waals surface area (Å²) in [5, 5.41) is 11.9. The van der Waals surface area contributed by atoms with Gasteiger partial charge in [-0.15, -0.1) is 11.8 Å². The molecule has 0 heterocycles. The number of nitrogens with one attached hydrogen (secondary N) is 2. The molecular weight excluding hydrogens is 309 g/mol. The van der Waals surface area contributed by atoms with E-state index in [2.05, 4.69) is 0 Å². The van der Waals surface area contributed by atoms with Gasteiger partial charge in [0.1, 0.15) is 12.3 Å². The molecule has 116 valence electrons. The van der Waals surface area contributed by atoms with Crippen LogP contribution in [0.4, 0.5) is 18.0 Å². The second-order valence-electron chi connectivity index (χ2n) is 4.04. The number of halogens is 3. The van der Waals surface area contributed by atoms with Crippen molar-refractivity contribution in [3.63, 3.8) is 0 Å². The van der Waals surface area contributed by atoms with Gasteiger partial charge in [0.05, 0.1) is 5.25 Å². The number of thioether (sulfide) groups is 1. The highest BCUT2D eigenvalue weighted by atomic mass is 32.2. The molecule has 0 fully saturated rings. The summed E-state index contributed by atoms with van der Waals surface area (Å²) in [5.41, 5.74) is 0. The van der Waals surface area contributed by atoms with Crippen LogP contribution in [0.15, 0.2) is 29.2 Å². The Morgan fingerprint density at radius 3 is 2.62 bits per heavy atom. The third kappa shape index (κ3) is 6.89. The van der Waals surface area contributed by atoms with Crippen molar-refractivity contribution in [3.05, 3.63) is 24.3 Å². The maximum absolute atomic E-state index is 11.9. The van der Waals surface area contributed by atoms with Gasteiger partial charge in [-0.3, -0.25) is 10.1 Å². The van der Waals surface area contributed by atoms with Crippen LogP contribution < -0.4 is 10.6 Å². The number of rotatable bonds is 4. The molecular formula is C12H13F3N2O3S. The van der Waals surface area contributed by atoms with E-state index >= 15 is 0 Å². The molecule has 9 heteroatoms. The van der Waals surface area contributed by atoms with Crippen LogP contribution in [0.5, 0.6) is 5.75 Å². The Bertz CT molecular complexity index is 523. The van der Waals surface area contributed by atoms with Crippen molar-refractivity contribution in [2.75, 3.05) is 6.54 Å². The van der Waals surface area contributed by atoms with Gasteiger partial charge in [-0.25, -0.2) is 4.79 Å². The van der Waals surface area contributed by atoms with Gasteiger partial charge in [0.15, 0.2) is 0 Å². The molecule has 3 amide bonds. The number of benzene rings is 1. The average molecular weight is 322 g/mol. The first-order chi connectivity index (χ1) is 9.67. The molecule has 0 saturated heterocycles. The van der Waals surface area contributed by atoms with E-state index in [4.69, 9.17) is 0 Å². The molecule has 5 nitrogen and oxygen atoms in total. The Labute approximate surface area is 122 Å². The van der Waals surface area contributed by atoms with Gasteiger partial charge < -0.3 is 10.4 Å². The third-order valence-corrected chi connectivity index (χ3v) is 3.28. The lowest BCUT2D eigenvalue weighted by Crippen LogP contribution is -2.45. The lowest BCUT2D eigenvalue weighted by molar-refractivity contribution is -0.124. The number of aromatic hydroxyl groups is 1. The van der Waals surface area contributed by atoms with Crippen LogP contribution in [0.25, 0.3) is 0 Å². The topological polar surface area (TPSA) is 78.4 Å².